The molecule has 30 heavy (non-hydrogen) atoms. The predicted octanol–water partition coefficient (Wildman–Crippen LogP) is -1.85. The van der Waals surface area contributed by atoms with Gasteiger partial charge in [0.1, 0.15) is 24.4 Å². The maximum Gasteiger partial charge on any atom is 0.220 e. The van der Waals surface area contributed by atoms with Crippen LogP contribution in [0.4, 0.5) is 0 Å². The molecule has 0 aromatic heterocycles. The summed E-state index contributed by atoms with van der Waals surface area (Å²) in [5.74, 6) is -0.529. The van der Waals surface area contributed by atoms with Gasteiger partial charge in [0.05, 0.1) is 13.2 Å². The molecule has 0 aromatic carbocycles. The molecular formula is C19H35N3O8. The number of hydrogen-bond donors (Lipinski definition) is 6. The second kappa shape index (κ2) is 15.1. The Morgan fingerprint density at radius 1 is 1.07 bits per heavy atom. The molecule has 5 atom stereocenters. The molecule has 0 spiro atoms. The van der Waals surface area contributed by atoms with E-state index in [1.165, 1.54) is 6.92 Å². The molecule has 1 aliphatic heterocycles. The summed E-state index contributed by atoms with van der Waals surface area (Å²) in [5.41, 5.74) is 0. The normalized spacial score (nSPS) is 26.1. The van der Waals surface area contributed by atoms with Crippen LogP contribution in [-0.2, 0) is 23.9 Å². The highest BCUT2D eigenvalue weighted by Gasteiger charge is 2.45. The number of carbonyl (C=O) groups excluding carboxylic acids is 3. The van der Waals surface area contributed by atoms with Gasteiger partial charge < -0.3 is 40.7 Å². The first-order valence-corrected chi connectivity index (χ1v) is 10.4. The van der Waals surface area contributed by atoms with Crippen molar-refractivity contribution in [3.63, 3.8) is 0 Å². The van der Waals surface area contributed by atoms with Gasteiger partial charge in [-0.2, -0.15) is 0 Å². The smallest absolute Gasteiger partial charge is 0.220 e. The van der Waals surface area contributed by atoms with E-state index in [0.717, 1.165) is 25.7 Å². The average Bonchev–Trinajstić information content (AvgIpc) is 2.71. The number of aliphatic hydroxyl groups is 3. The summed E-state index contributed by atoms with van der Waals surface area (Å²) in [4.78, 5) is 33.3. The highest BCUT2D eigenvalue weighted by atomic mass is 16.7. The number of rotatable bonds is 15. The van der Waals surface area contributed by atoms with Crippen LogP contribution in [0.25, 0.3) is 0 Å². The summed E-state index contributed by atoms with van der Waals surface area (Å²) < 4.78 is 11.0. The number of unbranched alkanes of at least 4 members (excludes halogenated alkanes) is 3. The molecule has 5 unspecified atom stereocenters. The first-order valence-electron chi connectivity index (χ1n) is 10.4. The Kier molecular flexibility index (Phi) is 13.2. The van der Waals surface area contributed by atoms with Crippen LogP contribution in [0, 0.1) is 0 Å². The number of nitrogens with one attached hydrogen (secondary N) is 3. The standard InChI is InChI=1S/C19H35N3O8/c1-13(25)22-16-18(28)17(27)14(11-23)30-19(16)29-10-6-7-15(26)21-9-5-3-2-4-8-20-12-24/h12,14,16-19,23,27-28H,2-11H2,1H3,(H,20,24)(H,21,26)(H,22,25). The second-order valence-electron chi connectivity index (χ2n) is 7.24. The van der Waals surface area contributed by atoms with Crippen LogP contribution in [0.1, 0.15) is 45.4 Å². The van der Waals surface area contributed by atoms with Crippen LogP contribution < -0.4 is 16.0 Å². The zero-order valence-corrected chi connectivity index (χ0v) is 17.4. The fourth-order valence-electron chi connectivity index (χ4n) is 3.13. The van der Waals surface area contributed by atoms with Gasteiger partial charge in [-0.25, -0.2) is 0 Å². The monoisotopic (exact) mass is 433 g/mol. The van der Waals surface area contributed by atoms with Crippen molar-refractivity contribution in [2.45, 2.75) is 76.1 Å². The minimum absolute atomic E-state index is 0.104. The predicted molar refractivity (Wildman–Crippen MR) is 106 cm³/mol. The lowest BCUT2D eigenvalue weighted by Gasteiger charge is -2.42. The lowest BCUT2D eigenvalue weighted by molar-refractivity contribution is -0.270. The SMILES string of the molecule is CC(=O)NC1C(OCCCC(=O)NCCCCCCNC=O)OC(CO)C(O)C1O. The summed E-state index contributed by atoms with van der Waals surface area (Å²) in [5, 5.41) is 37.3. The second-order valence-corrected chi connectivity index (χ2v) is 7.24. The molecular weight excluding hydrogens is 398 g/mol. The Labute approximate surface area is 176 Å². The minimum Gasteiger partial charge on any atom is -0.394 e. The molecule has 0 aromatic rings. The van der Waals surface area contributed by atoms with Crippen molar-refractivity contribution in [2.75, 3.05) is 26.3 Å². The van der Waals surface area contributed by atoms with E-state index in [4.69, 9.17) is 9.47 Å². The van der Waals surface area contributed by atoms with Gasteiger partial charge in [0.25, 0.3) is 0 Å². The van der Waals surface area contributed by atoms with E-state index in [-0.39, 0.29) is 18.9 Å². The summed E-state index contributed by atoms with van der Waals surface area (Å²) in [6.45, 7) is 2.14. The Hall–Kier alpha value is -1.79. The topological polar surface area (TPSA) is 166 Å². The van der Waals surface area contributed by atoms with Crippen molar-refractivity contribution < 1.29 is 39.2 Å². The van der Waals surface area contributed by atoms with Crippen molar-refractivity contribution >= 4 is 18.2 Å². The number of aliphatic hydroxyl groups excluding tert-OH is 3. The van der Waals surface area contributed by atoms with E-state index in [0.29, 0.717) is 25.9 Å². The first kappa shape index (κ1) is 26.2. The maximum absolute atomic E-state index is 11.9. The summed E-state index contributed by atoms with van der Waals surface area (Å²) >= 11 is 0. The number of hydrogen-bond acceptors (Lipinski definition) is 8. The van der Waals surface area contributed by atoms with Gasteiger partial charge in [0, 0.05) is 26.4 Å². The van der Waals surface area contributed by atoms with Crippen LogP contribution in [-0.4, -0.2) is 90.5 Å². The van der Waals surface area contributed by atoms with Gasteiger partial charge in [-0.3, -0.25) is 14.4 Å². The van der Waals surface area contributed by atoms with Gasteiger partial charge in [0.2, 0.25) is 18.2 Å². The van der Waals surface area contributed by atoms with E-state index in [1.54, 1.807) is 0 Å². The molecule has 3 amide bonds. The largest absolute Gasteiger partial charge is 0.394 e. The summed E-state index contributed by atoms with van der Waals surface area (Å²) in [6.07, 6.45) is 0.240. The Balaban J connectivity index is 2.24. The van der Waals surface area contributed by atoms with Crippen LogP contribution in [0.3, 0.4) is 0 Å². The van der Waals surface area contributed by atoms with E-state index >= 15 is 0 Å². The zero-order valence-electron chi connectivity index (χ0n) is 17.4. The third-order valence-corrected chi connectivity index (χ3v) is 4.73. The van der Waals surface area contributed by atoms with Crippen molar-refractivity contribution in [1.82, 2.24) is 16.0 Å². The molecule has 1 heterocycles. The van der Waals surface area contributed by atoms with E-state index in [1.807, 2.05) is 0 Å². The van der Waals surface area contributed by atoms with E-state index < -0.39 is 43.2 Å². The molecule has 11 nitrogen and oxygen atoms in total. The third kappa shape index (κ3) is 9.81. The van der Waals surface area contributed by atoms with Crippen LogP contribution in [0.5, 0.6) is 0 Å². The fraction of sp³-hybridized carbons (Fsp3) is 0.842. The van der Waals surface area contributed by atoms with Crippen LogP contribution in [0.2, 0.25) is 0 Å². The van der Waals surface area contributed by atoms with Crippen LogP contribution in [0.15, 0.2) is 0 Å². The molecule has 0 bridgehead atoms. The van der Waals surface area contributed by atoms with Crippen LogP contribution >= 0.6 is 0 Å². The van der Waals surface area contributed by atoms with Gasteiger partial charge >= 0.3 is 0 Å². The van der Waals surface area contributed by atoms with Gasteiger partial charge in [-0.05, 0) is 19.3 Å². The Morgan fingerprint density at radius 2 is 1.77 bits per heavy atom. The third-order valence-electron chi connectivity index (χ3n) is 4.73. The zero-order chi connectivity index (χ0) is 22.4. The van der Waals surface area contributed by atoms with E-state index in [9.17, 15) is 29.7 Å². The number of carbonyl (C=O) groups is 3. The molecule has 11 heteroatoms. The molecule has 1 fully saturated rings. The quantitative estimate of drug-likeness (QED) is 0.129. The van der Waals surface area contributed by atoms with Crippen molar-refractivity contribution in [3.05, 3.63) is 0 Å². The molecule has 1 rings (SSSR count). The van der Waals surface area contributed by atoms with Crippen molar-refractivity contribution in [1.29, 1.82) is 0 Å². The minimum atomic E-state index is -1.36. The first-order chi connectivity index (χ1) is 14.4. The van der Waals surface area contributed by atoms with Crippen molar-refractivity contribution in [2.24, 2.45) is 0 Å². The number of ether oxygens (including phenoxy) is 2. The molecule has 0 aliphatic carbocycles. The van der Waals surface area contributed by atoms with Gasteiger partial charge in [-0.1, -0.05) is 12.8 Å². The molecule has 1 aliphatic rings. The van der Waals surface area contributed by atoms with Gasteiger partial charge in [0.15, 0.2) is 6.29 Å². The fourth-order valence-corrected chi connectivity index (χ4v) is 3.13. The van der Waals surface area contributed by atoms with Gasteiger partial charge in [-0.15, -0.1) is 0 Å². The molecule has 1 saturated heterocycles. The molecule has 174 valence electrons. The highest BCUT2D eigenvalue weighted by molar-refractivity contribution is 5.75. The lowest BCUT2D eigenvalue weighted by Crippen LogP contribution is -2.64. The molecule has 0 saturated carbocycles. The lowest BCUT2D eigenvalue weighted by atomic mass is 9.97. The van der Waals surface area contributed by atoms with E-state index in [2.05, 4.69) is 16.0 Å². The maximum atomic E-state index is 11.9. The molecule has 6 N–H and O–H groups in total. The highest BCUT2D eigenvalue weighted by Crippen LogP contribution is 2.22. The molecule has 0 radical (unpaired) electrons. The number of amides is 3. The summed E-state index contributed by atoms with van der Waals surface area (Å²) in [7, 11) is 0. The Bertz CT molecular complexity index is 522. The van der Waals surface area contributed by atoms with Crippen molar-refractivity contribution in [3.8, 4) is 0 Å². The Morgan fingerprint density at radius 3 is 2.40 bits per heavy atom. The average molecular weight is 434 g/mol. The summed E-state index contributed by atoms with van der Waals surface area (Å²) in [6, 6.07) is -0.990.